The van der Waals surface area contributed by atoms with Gasteiger partial charge in [0, 0.05) is 31.9 Å². The monoisotopic (exact) mass is 354 g/mol. The molecule has 0 radical (unpaired) electrons. The molecule has 1 saturated heterocycles. The van der Waals surface area contributed by atoms with E-state index in [2.05, 4.69) is 15.6 Å². The van der Waals surface area contributed by atoms with E-state index in [1.807, 2.05) is 30.3 Å². The van der Waals surface area contributed by atoms with Crippen molar-refractivity contribution in [1.29, 1.82) is 0 Å². The number of urea groups is 1. The van der Waals surface area contributed by atoms with Gasteiger partial charge in [0.25, 0.3) is 0 Å². The molecule has 1 fully saturated rings. The minimum atomic E-state index is -0.475. The third-order valence-electron chi connectivity index (χ3n) is 4.21. The second kappa shape index (κ2) is 8.33. The fraction of sp³-hybridized carbons (Fsp3) is 0.316. The Morgan fingerprint density at radius 1 is 1.27 bits per heavy atom. The van der Waals surface area contributed by atoms with Gasteiger partial charge in [0.15, 0.2) is 0 Å². The van der Waals surface area contributed by atoms with Gasteiger partial charge in [0.2, 0.25) is 5.91 Å². The van der Waals surface area contributed by atoms with Crippen molar-refractivity contribution < 1.29 is 14.3 Å². The van der Waals surface area contributed by atoms with E-state index in [1.165, 1.54) is 0 Å². The number of rotatable bonds is 6. The van der Waals surface area contributed by atoms with Crippen LogP contribution in [0.4, 0.5) is 10.5 Å². The fourth-order valence-electron chi connectivity index (χ4n) is 2.78. The van der Waals surface area contributed by atoms with Gasteiger partial charge in [0.1, 0.15) is 11.8 Å². The number of carbonyl (C=O) groups excluding carboxylic acids is 2. The van der Waals surface area contributed by atoms with Crippen LogP contribution in [0.25, 0.3) is 0 Å². The SMILES string of the molecule is CN1CCC(NC(=O)Nc2ccccc2OCCc2ccccn2)C1=O. The maximum absolute atomic E-state index is 12.2. The van der Waals surface area contributed by atoms with Gasteiger partial charge in [-0.05, 0) is 30.7 Å². The lowest BCUT2D eigenvalue weighted by atomic mass is 10.2. The summed E-state index contributed by atoms with van der Waals surface area (Å²) in [6, 6.07) is 12.1. The number of anilines is 1. The molecule has 0 bridgehead atoms. The van der Waals surface area contributed by atoms with Crippen LogP contribution in [0.3, 0.4) is 0 Å². The van der Waals surface area contributed by atoms with E-state index in [1.54, 1.807) is 30.3 Å². The summed E-state index contributed by atoms with van der Waals surface area (Å²) in [5, 5.41) is 5.47. The normalized spacial score (nSPS) is 16.4. The number of likely N-dealkylation sites (N-methyl/N-ethyl adjacent to an activating group) is 1. The quantitative estimate of drug-likeness (QED) is 0.832. The van der Waals surface area contributed by atoms with E-state index in [0.717, 1.165) is 5.69 Å². The molecule has 7 nitrogen and oxygen atoms in total. The van der Waals surface area contributed by atoms with E-state index >= 15 is 0 Å². The van der Waals surface area contributed by atoms with Crippen molar-refractivity contribution in [2.24, 2.45) is 0 Å². The Bertz CT molecular complexity index is 766. The molecule has 136 valence electrons. The lowest BCUT2D eigenvalue weighted by Crippen LogP contribution is -2.42. The second-order valence-corrected chi connectivity index (χ2v) is 6.12. The minimum Gasteiger partial charge on any atom is -0.491 e. The molecule has 0 saturated carbocycles. The van der Waals surface area contributed by atoms with Crippen LogP contribution in [0.1, 0.15) is 12.1 Å². The number of nitrogens with zero attached hydrogens (tertiary/aromatic N) is 2. The van der Waals surface area contributed by atoms with Crippen LogP contribution in [-0.4, -0.2) is 48.1 Å². The first-order chi connectivity index (χ1) is 12.6. The van der Waals surface area contributed by atoms with Crippen LogP contribution >= 0.6 is 0 Å². The number of amides is 3. The van der Waals surface area contributed by atoms with Gasteiger partial charge < -0.3 is 20.3 Å². The summed E-state index contributed by atoms with van der Waals surface area (Å²) >= 11 is 0. The highest BCUT2D eigenvalue weighted by atomic mass is 16.5. The minimum absolute atomic E-state index is 0.0694. The van der Waals surface area contributed by atoms with Gasteiger partial charge in [-0.1, -0.05) is 18.2 Å². The summed E-state index contributed by atoms with van der Waals surface area (Å²) in [5.41, 5.74) is 1.50. The maximum Gasteiger partial charge on any atom is 0.319 e. The van der Waals surface area contributed by atoms with Gasteiger partial charge in [-0.3, -0.25) is 9.78 Å². The van der Waals surface area contributed by atoms with E-state index in [-0.39, 0.29) is 5.91 Å². The van der Waals surface area contributed by atoms with Crippen LogP contribution < -0.4 is 15.4 Å². The molecular formula is C19H22N4O3. The van der Waals surface area contributed by atoms with Crippen molar-refractivity contribution in [3.63, 3.8) is 0 Å². The molecule has 3 rings (SSSR count). The lowest BCUT2D eigenvalue weighted by Gasteiger charge is -2.15. The Morgan fingerprint density at radius 2 is 2.08 bits per heavy atom. The standard InChI is InChI=1S/C19H22N4O3/c1-23-12-9-16(18(23)24)22-19(25)21-15-7-2-3-8-17(15)26-13-10-14-6-4-5-11-20-14/h2-8,11,16H,9-10,12-13H2,1H3,(H2,21,22,25). The molecule has 1 aliphatic rings. The number of nitrogens with one attached hydrogen (secondary N) is 2. The molecule has 1 atom stereocenters. The zero-order valence-electron chi connectivity index (χ0n) is 14.6. The average molecular weight is 354 g/mol. The summed E-state index contributed by atoms with van der Waals surface area (Å²) in [6.07, 6.45) is 3.03. The molecule has 26 heavy (non-hydrogen) atoms. The van der Waals surface area contributed by atoms with Crippen LogP contribution in [0.5, 0.6) is 5.75 Å². The number of hydrogen-bond donors (Lipinski definition) is 2. The van der Waals surface area contributed by atoms with Crippen molar-refractivity contribution >= 4 is 17.6 Å². The number of aromatic nitrogens is 1. The zero-order valence-corrected chi connectivity index (χ0v) is 14.6. The van der Waals surface area contributed by atoms with E-state index in [9.17, 15) is 9.59 Å². The molecule has 0 spiro atoms. The van der Waals surface area contributed by atoms with Crippen molar-refractivity contribution in [2.75, 3.05) is 25.5 Å². The zero-order chi connectivity index (χ0) is 18.4. The van der Waals surface area contributed by atoms with Crippen molar-refractivity contribution in [1.82, 2.24) is 15.2 Å². The number of para-hydroxylation sites is 2. The number of pyridine rings is 1. The first-order valence-electron chi connectivity index (χ1n) is 8.58. The topological polar surface area (TPSA) is 83.6 Å². The molecule has 7 heteroatoms. The first-order valence-corrected chi connectivity index (χ1v) is 8.58. The van der Waals surface area contributed by atoms with Crippen molar-refractivity contribution in [3.05, 3.63) is 54.4 Å². The largest absolute Gasteiger partial charge is 0.491 e. The lowest BCUT2D eigenvalue weighted by molar-refractivity contribution is -0.128. The Kier molecular flexibility index (Phi) is 5.68. The number of ether oxygens (including phenoxy) is 1. The summed E-state index contributed by atoms with van der Waals surface area (Å²) in [6.45, 7) is 1.10. The fourth-order valence-corrected chi connectivity index (χ4v) is 2.78. The Labute approximate surface area is 152 Å². The third-order valence-corrected chi connectivity index (χ3v) is 4.21. The average Bonchev–Trinajstić information content (AvgIpc) is 2.96. The number of carbonyl (C=O) groups is 2. The highest BCUT2D eigenvalue weighted by molar-refractivity contribution is 5.95. The Hall–Kier alpha value is -3.09. The predicted octanol–water partition coefficient (Wildman–Crippen LogP) is 2.06. The molecule has 1 unspecified atom stereocenters. The van der Waals surface area contributed by atoms with Crippen LogP contribution in [-0.2, 0) is 11.2 Å². The Morgan fingerprint density at radius 3 is 2.81 bits per heavy atom. The van der Waals surface area contributed by atoms with Gasteiger partial charge in [-0.15, -0.1) is 0 Å². The van der Waals surface area contributed by atoms with E-state index < -0.39 is 12.1 Å². The number of likely N-dealkylation sites (tertiary alicyclic amines) is 1. The van der Waals surface area contributed by atoms with Crippen molar-refractivity contribution in [2.45, 2.75) is 18.9 Å². The molecule has 1 aliphatic heterocycles. The van der Waals surface area contributed by atoms with Crippen LogP contribution in [0.2, 0.25) is 0 Å². The highest BCUT2D eigenvalue weighted by Gasteiger charge is 2.30. The molecule has 1 aromatic carbocycles. The van der Waals surface area contributed by atoms with E-state index in [0.29, 0.717) is 37.4 Å². The molecular weight excluding hydrogens is 332 g/mol. The molecule has 0 aliphatic carbocycles. The number of hydrogen-bond acceptors (Lipinski definition) is 4. The smallest absolute Gasteiger partial charge is 0.319 e. The molecule has 2 heterocycles. The molecule has 2 N–H and O–H groups in total. The van der Waals surface area contributed by atoms with Gasteiger partial charge in [0.05, 0.1) is 12.3 Å². The molecule has 2 aromatic rings. The summed E-state index contributed by atoms with van der Waals surface area (Å²) in [4.78, 5) is 30.0. The Balaban J connectivity index is 1.55. The van der Waals surface area contributed by atoms with Gasteiger partial charge in [-0.25, -0.2) is 4.79 Å². The van der Waals surface area contributed by atoms with Gasteiger partial charge in [-0.2, -0.15) is 0 Å². The predicted molar refractivity (Wildman–Crippen MR) is 98.1 cm³/mol. The highest BCUT2D eigenvalue weighted by Crippen LogP contribution is 2.24. The maximum atomic E-state index is 12.2. The third kappa shape index (κ3) is 4.50. The van der Waals surface area contributed by atoms with E-state index in [4.69, 9.17) is 4.74 Å². The van der Waals surface area contributed by atoms with Crippen molar-refractivity contribution in [3.8, 4) is 5.75 Å². The summed E-state index contributed by atoms with van der Waals surface area (Å²) in [5.74, 6) is 0.508. The van der Waals surface area contributed by atoms with Gasteiger partial charge >= 0.3 is 6.03 Å². The van der Waals surface area contributed by atoms with Crippen LogP contribution in [0.15, 0.2) is 48.7 Å². The summed E-state index contributed by atoms with van der Waals surface area (Å²) < 4.78 is 5.79. The molecule has 3 amide bonds. The molecule has 1 aromatic heterocycles. The van der Waals surface area contributed by atoms with Crippen LogP contribution in [0, 0.1) is 0 Å². The second-order valence-electron chi connectivity index (χ2n) is 6.12. The summed E-state index contributed by atoms with van der Waals surface area (Å²) in [7, 11) is 1.73. The number of benzene rings is 1. The first kappa shape index (κ1) is 17.7.